The molecule has 0 fully saturated rings. The van der Waals surface area contributed by atoms with Gasteiger partial charge in [-0.3, -0.25) is 9.59 Å². The van der Waals surface area contributed by atoms with Gasteiger partial charge in [0.05, 0.1) is 10.0 Å². The van der Waals surface area contributed by atoms with E-state index in [-0.39, 0.29) is 11.6 Å². The van der Waals surface area contributed by atoms with Gasteiger partial charge in [-0.15, -0.1) is 0 Å². The third-order valence-corrected chi connectivity index (χ3v) is 3.95. The molecule has 0 unspecified atom stereocenters. The maximum Gasteiger partial charge on any atom is 0.164 e. The predicted octanol–water partition coefficient (Wildman–Crippen LogP) is 4.88. The lowest BCUT2D eigenvalue weighted by atomic mass is 10.1. The molecule has 0 atom stereocenters. The van der Waals surface area contributed by atoms with Crippen LogP contribution in [0.2, 0.25) is 10.0 Å². The Hall–Kier alpha value is -1.84. The van der Waals surface area contributed by atoms with Crippen LogP contribution in [-0.4, -0.2) is 18.1 Å². The molecule has 2 aromatic carbocycles. The molecule has 1 N–H and O–H groups in total. The van der Waals surface area contributed by atoms with Crippen molar-refractivity contribution in [3.63, 3.8) is 0 Å². The number of ketones is 2. The van der Waals surface area contributed by atoms with Crippen molar-refractivity contribution in [2.75, 3.05) is 11.9 Å². The minimum Gasteiger partial charge on any atom is -0.385 e. The molecule has 2 rings (SSSR count). The minimum atomic E-state index is -0.00794. The van der Waals surface area contributed by atoms with Crippen LogP contribution in [0.5, 0.6) is 0 Å². The number of hydrogen-bond donors (Lipinski definition) is 1. The van der Waals surface area contributed by atoms with Crippen molar-refractivity contribution in [3.8, 4) is 0 Å². The summed E-state index contributed by atoms with van der Waals surface area (Å²) in [6.07, 6.45) is 0.340. The topological polar surface area (TPSA) is 46.2 Å². The Morgan fingerprint density at radius 3 is 2.18 bits per heavy atom. The number of carbonyl (C=O) groups is 2. The number of carbonyl (C=O) groups excluding carboxylic acids is 2. The fraction of sp³-hybridized carbons (Fsp3) is 0.176. The van der Waals surface area contributed by atoms with Crippen LogP contribution in [0.15, 0.2) is 42.5 Å². The van der Waals surface area contributed by atoms with E-state index >= 15 is 0 Å². The summed E-state index contributed by atoms with van der Waals surface area (Å²) >= 11 is 11.7. The van der Waals surface area contributed by atoms with E-state index in [9.17, 15) is 9.59 Å². The Kier molecular flexibility index (Phi) is 5.58. The lowest BCUT2D eigenvalue weighted by molar-refractivity contribution is 0.0984. The van der Waals surface area contributed by atoms with Crippen molar-refractivity contribution in [2.24, 2.45) is 0 Å². The van der Waals surface area contributed by atoms with E-state index < -0.39 is 0 Å². The molecular formula is C17H15Cl2NO2. The second kappa shape index (κ2) is 7.43. The lowest BCUT2D eigenvalue weighted by Crippen LogP contribution is -2.09. The van der Waals surface area contributed by atoms with Crippen molar-refractivity contribution in [1.29, 1.82) is 0 Å². The number of rotatable bonds is 6. The van der Waals surface area contributed by atoms with Crippen molar-refractivity contribution < 1.29 is 9.59 Å². The monoisotopic (exact) mass is 335 g/mol. The predicted molar refractivity (Wildman–Crippen MR) is 90.3 cm³/mol. The van der Waals surface area contributed by atoms with Crippen molar-refractivity contribution in [3.05, 3.63) is 63.6 Å². The van der Waals surface area contributed by atoms with E-state index in [4.69, 9.17) is 23.2 Å². The number of benzene rings is 2. The molecule has 3 nitrogen and oxygen atoms in total. The second-order valence-corrected chi connectivity index (χ2v) is 5.68. The van der Waals surface area contributed by atoms with Gasteiger partial charge in [0, 0.05) is 29.8 Å². The van der Waals surface area contributed by atoms with Gasteiger partial charge in [0.1, 0.15) is 0 Å². The van der Waals surface area contributed by atoms with Crippen molar-refractivity contribution in [1.82, 2.24) is 0 Å². The lowest BCUT2D eigenvalue weighted by Gasteiger charge is -2.07. The summed E-state index contributed by atoms with van der Waals surface area (Å²) in [5, 5.41) is 3.95. The third kappa shape index (κ3) is 4.33. The highest BCUT2D eigenvalue weighted by atomic mass is 35.5. The van der Waals surface area contributed by atoms with Gasteiger partial charge < -0.3 is 5.32 Å². The summed E-state index contributed by atoms with van der Waals surface area (Å²) in [6.45, 7) is 2.02. The van der Waals surface area contributed by atoms with E-state index in [1.807, 2.05) is 12.1 Å². The number of nitrogens with one attached hydrogen (secondary N) is 1. The quantitative estimate of drug-likeness (QED) is 0.765. The first-order chi connectivity index (χ1) is 10.5. The number of anilines is 1. The molecule has 0 aromatic heterocycles. The summed E-state index contributed by atoms with van der Waals surface area (Å²) < 4.78 is 0. The van der Waals surface area contributed by atoms with E-state index in [1.165, 1.54) is 6.92 Å². The van der Waals surface area contributed by atoms with E-state index in [0.717, 1.165) is 5.69 Å². The zero-order chi connectivity index (χ0) is 16.1. The molecule has 0 bridgehead atoms. The van der Waals surface area contributed by atoms with Gasteiger partial charge in [0.2, 0.25) is 0 Å². The normalized spacial score (nSPS) is 10.3. The molecule has 114 valence electrons. The van der Waals surface area contributed by atoms with Gasteiger partial charge in [-0.05, 0) is 49.4 Å². The molecule has 0 saturated carbocycles. The van der Waals surface area contributed by atoms with Crippen LogP contribution >= 0.6 is 23.2 Å². The van der Waals surface area contributed by atoms with Crippen LogP contribution in [0, 0.1) is 0 Å². The molecule has 0 aliphatic heterocycles. The Balaban J connectivity index is 1.88. The zero-order valence-electron chi connectivity index (χ0n) is 12.0. The van der Waals surface area contributed by atoms with Gasteiger partial charge in [-0.25, -0.2) is 0 Å². The fourth-order valence-corrected chi connectivity index (χ4v) is 2.26. The smallest absolute Gasteiger partial charge is 0.164 e. The molecule has 22 heavy (non-hydrogen) atoms. The Morgan fingerprint density at radius 1 is 0.955 bits per heavy atom. The first kappa shape index (κ1) is 16.5. The Labute approximate surface area is 139 Å². The van der Waals surface area contributed by atoms with Crippen LogP contribution in [0.1, 0.15) is 34.1 Å². The van der Waals surface area contributed by atoms with E-state index in [2.05, 4.69) is 5.32 Å². The largest absolute Gasteiger partial charge is 0.385 e. The molecule has 0 amide bonds. The zero-order valence-corrected chi connectivity index (χ0v) is 13.5. The van der Waals surface area contributed by atoms with Crippen LogP contribution in [0.3, 0.4) is 0 Å². The molecule has 0 aliphatic carbocycles. The maximum atomic E-state index is 12.1. The average molecular weight is 336 g/mol. The number of halogens is 2. The fourth-order valence-electron chi connectivity index (χ4n) is 1.96. The van der Waals surface area contributed by atoms with Gasteiger partial charge >= 0.3 is 0 Å². The summed E-state index contributed by atoms with van der Waals surface area (Å²) in [7, 11) is 0. The molecule has 0 spiro atoms. The SMILES string of the molecule is CC(=O)c1ccc(NCCC(=O)c2ccc(Cl)c(Cl)c2)cc1. The van der Waals surface area contributed by atoms with Gasteiger partial charge in [-0.1, -0.05) is 23.2 Å². The molecule has 0 saturated heterocycles. The Morgan fingerprint density at radius 2 is 1.59 bits per heavy atom. The highest BCUT2D eigenvalue weighted by Gasteiger charge is 2.08. The van der Waals surface area contributed by atoms with Gasteiger partial charge in [-0.2, -0.15) is 0 Å². The Bertz CT molecular complexity index is 696. The molecule has 0 radical (unpaired) electrons. The maximum absolute atomic E-state index is 12.1. The highest BCUT2D eigenvalue weighted by Crippen LogP contribution is 2.23. The molecule has 0 heterocycles. The summed E-state index contributed by atoms with van der Waals surface area (Å²) in [5.74, 6) is 0.0211. The second-order valence-electron chi connectivity index (χ2n) is 4.86. The van der Waals surface area contributed by atoms with Crippen LogP contribution in [0.25, 0.3) is 0 Å². The summed E-state index contributed by atoms with van der Waals surface area (Å²) in [4.78, 5) is 23.2. The number of Topliss-reactive ketones (excluding diaryl/α,β-unsaturated/α-hetero) is 2. The first-order valence-electron chi connectivity index (χ1n) is 6.80. The van der Waals surface area contributed by atoms with E-state index in [1.54, 1.807) is 30.3 Å². The summed E-state index contributed by atoms with van der Waals surface area (Å²) in [6, 6.07) is 12.0. The highest BCUT2D eigenvalue weighted by molar-refractivity contribution is 6.42. The van der Waals surface area contributed by atoms with Crippen molar-refractivity contribution in [2.45, 2.75) is 13.3 Å². The standard InChI is InChI=1S/C17H15Cl2NO2/c1-11(21)12-2-5-14(6-3-12)20-9-8-17(22)13-4-7-15(18)16(19)10-13/h2-7,10,20H,8-9H2,1H3. The van der Waals surface area contributed by atoms with Crippen LogP contribution < -0.4 is 5.32 Å². The summed E-state index contributed by atoms with van der Waals surface area (Å²) in [5.41, 5.74) is 2.08. The molecule has 5 heteroatoms. The van der Waals surface area contributed by atoms with Crippen molar-refractivity contribution >= 4 is 40.5 Å². The molecule has 2 aromatic rings. The van der Waals surface area contributed by atoms with Crippen LogP contribution in [0.4, 0.5) is 5.69 Å². The molecule has 0 aliphatic rings. The number of hydrogen-bond acceptors (Lipinski definition) is 3. The third-order valence-electron chi connectivity index (χ3n) is 3.21. The first-order valence-corrected chi connectivity index (χ1v) is 7.56. The van der Waals surface area contributed by atoms with E-state index in [0.29, 0.717) is 34.1 Å². The van der Waals surface area contributed by atoms with Crippen LogP contribution in [-0.2, 0) is 0 Å². The molecular weight excluding hydrogens is 321 g/mol. The average Bonchev–Trinajstić information content (AvgIpc) is 2.50. The van der Waals surface area contributed by atoms with Gasteiger partial charge in [0.25, 0.3) is 0 Å². The minimum absolute atomic E-state index is 0.00794. The van der Waals surface area contributed by atoms with Gasteiger partial charge in [0.15, 0.2) is 11.6 Å².